The Bertz CT molecular complexity index is 1170. The molecule has 0 aromatic heterocycles. The van der Waals surface area contributed by atoms with Crippen molar-refractivity contribution in [2.45, 2.75) is 83.4 Å². The normalized spacial score (nSPS) is 26.5. The zero-order valence-electron chi connectivity index (χ0n) is 23.2. The number of nitrogens with one attached hydrogen (secondary N) is 3. The van der Waals surface area contributed by atoms with Crippen molar-refractivity contribution in [3.63, 3.8) is 0 Å². The lowest BCUT2D eigenvalue weighted by atomic mass is 9.92. The Kier molecular flexibility index (Phi) is 8.67. The molecule has 3 fully saturated rings. The van der Waals surface area contributed by atoms with Gasteiger partial charge in [-0.15, -0.1) is 0 Å². The van der Waals surface area contributed by atoms with Gasteiger partial charge in [0.25, 0.3) is 5.91 Å². The highest BCUT2D eigenvalue weighted by molar-refractivity contribution is 5.98. The maximum Gasteiger partial charge on any atom is 0.251 e. The molecule has 2 aliphatic heterocycles. The molecule has 39 heavy (non-hydrogen) atoms. The number of amidine groups is 1. The van der Waals surface area contributed by atoms with E-state index < -0.39 is 0 Å². The molecule has 1 saturated heterocycles. The lowest BCUT2D eigenvalue weighted by Gasteiger charge is -2.35. The molecule has 5 rings (SSSR count). The standard InChI is InChI=1S/C30H42N6O3/c1-19-16-22(8-11-24(19)30(38)33-23-9-10-23)20(2)29-35-27(34-25-6-4-5-7-26(25)37)17-28(36(29)31-3)32-18-21-12-14-39-15-13-21/h8,11,16-17,21,23,25-26,34-35,37H,3-7,9-10,12-15,18H2,1-2H3,(H,33,38)/b29-20+,32-28?/t25-,26-/m1/s1. The number of aliphatic hydroxyl groups excluding tert-OH is 1. The fourth-order valence-electron chi connectivity index (χ4n) is 5.52. The number of hydrogen-bond acceptors (Lipinski definition) is 7. The molecule has 1 amide bonds. The van der Waals surface area contributed by atoms with E-state index in [1.807, 2.05) is 38.1 Å². The number of amides is 1. The third kappa shape index (κ3) is 6.70. The summed E-state index contributed by atoms with van der Waals surface area (Å²) in [6, 6.07) is 6.22. The van der Waals surface area contributed by atoms with Crippen molar-refractivity contribution < 1.29 is 14.6 Å². The third-order valence-corrected chi connectivity index (χ3v) is 8.19. The molecule has 2 saturated carbocycles. The van der Waals surface area contributed by atoms with Gasteiger partial charge in [-0.2, -0.15) is 10.1 Å². The zero-order chi connectivity index (χ0) is 27.4. The van der Waals surface area contributed by atoms with Crippen LogP contribution in [0.5, 0.6) is 0 Å². The summed E-state index contributed by atoms with van der Waals surface area (Å²) in [5, 5.41) is 26.8. The number of allylic oxidation sites excluding steroid dienone is 1. The number of hydrazone groups is 1. The first kappa shape index (κ1) is 27.4. The van der Waals surface area contributed by atoms with Crippen LogP contribution in [0.4, 0.5) is 0 Å². The Morgan fingerprint density at radius 3 is 2.64 bits per heavy atom. The first-order chi connectivity index (χ1) is 18.9. The van der Waals surface area contributed by atoms with Gasteiger partial charge >= 0.3 is 0 Å². The molecule has 2 aliphatic carbocycles. The topological polar surface area (TPSA) is 111 Å². The molecule has 9 heteroatoms. The molecule has 9 nitrogen and oxygen atoms in total. The number of carbonyl (C=O) groups is 1. The Balaban J connectivity index is 1.44. The van der Waals surface area contributed by atoms with Crippen LogP contribution in [0.25, 0.3) is 5.57 Å². The molecule has 1 aromatic carbocycles. The average Bonchev–Trinajstić information content (AvgIpc) is 3.77. The average molecular weight is 535 g/mol. The van der Waals surface area contributed by atoms with E-state index in [2.05, 4.69) is 27.8 Å². The first-order valence-corrected chi connectivity index (χ1v) is 14.4. The fourth-order valence-corrected chi connectivity index (χ4v) is 5.52. The predicted molar refractivity (Wildman–Crippen MR) is 154 cm³/mol. The molecule has 0 spiro atoms. The van der Waals surface area contributed by atoms with Crippen LogP contribution in [0.1, 0.15) is 79.8 Å². The molecular weight excluding hydrogens is 492 g/mol. The number of carbonyl (C=O) groups excluding carboxylic acids is 1. The van der Waals surface area contributed by atoms with Crippen LogP contribution in [0.2, 0.25) is 0 Å². The molecule has 0 radical (unpaired) electrons. The van der Waals surface area contributed by atoms with Gasteiger partial charge in [-0.3, -0.25) is 9.79 Å². The van der Waals surface area contributed by atoms with Gasteiger partial charge in [0, 0.05) is 44.2 Å². The Hall–Kier alpha value is -3.17. The predicted octanol–water partition coefficient (Wildman–Crippen LogP) is 3.66. The number of nitrogens with zero attached hydrogens (tertiary/aromatic N) is 3. The summed E-state index contributed by atoms with van der Waals surface area (Å²) in [4.78, 5) is 17.7. The molecule has 4 N–H and O–H groups in total. The molecule has 0 unspecified atom stereocenters. The summed E-state index contributed by atoms with van der Waals surface area (Å²) < 4.78 is 5.52. The lowest BCUT2D eigenvalue weighted by Crippen LogP contribution is -2.48. The van der Waals surface area contributed by atoms with E-state index in [9.17, 15) is 9.90 Å². The Morgan fingerprint density at radius 1 is 1.18 bits per heavy atom. The maximum atomic E-state index is 12.7. The number of aryl methyl sites for hydroxylation is 1. The second-order valence-corrected chi connectivity index (χ2v) is 11.2. The van der Waals surface area contributed by atoms with Crippen LogP contribution < -0.4 is 16.0 Å². The van der Waals surface area contributed by atoms with Crippen molar-refractivity contribution in [3.8, 4) is 0 Å². The summed E-state index contributed by atoms with van der Waals surface area (Å²) in [7, 11) is 0. The smallest absolute Gasteiger partial charge is 0.251 e. The van der Waals surface area contributed by atoms with Crippen molar-refractivity contribution in [2.75, 3.05) is 19.8 Å². The van der Waals surface area contributed by atoms with E-state index in [0.717, 1.165) is 92.9 Å². The Labute approximate surface area is 231 Å². The zero-order valence-corrected chi connectivity index (χ0v) is 23.2. The monoisotopic (exact) mass is 534 g/mol. The highest BCUT2D eigenvalue weighted by Gasteiger charge is 2.29. The van der Waals surface area contributed by atoms with Gasteiger partial charge in [-0.1, -0.05) is 25.0 Å². The van der Waals surface area contributed by atoms with Crippen molar-refractivity contribution >= 4 is 24.0 Å². The summed E-state index contributed by atoms with van der Waals surface area (Å²) in [5.74, 6) is 2.71. The van der Waals surface area contributed by atoms with Gasteiger partial charge in [0.05, 0.1) is 12.1 Å². The van der Waals surface area contributed by atoms with Crippen molar-refractivity contribution in [3.05, 3.63) is 52.6 Å². The van der Waals surface area contributed by atoms with Crippen LogP contribution in [0.15, 0.2) is 46.0 Å². The molecule has 4 aliphatic rings. The van der Waals surface area contributed by atoms with Crippen LogP contribution >= 0.6 is 0 Å². The van der Waals surface area contributed by atoms with Gasteiger partial charge in [0.15, 0.2) is 5.84 Å². The van der Waals surface area contributed by atoms with Gasteiger partial charge in [0.1, 0.15) is 11.6 Å². The quantitative estimate of drug-likeness (QED) is 0.379. The number of ether oxygens (including phenoxy) is 1. The summed E-state index contributed by atoms with van der Waals surface area (Å²) >= 11 is 0. The number of aliphatic hydroxyl groups is 1. The first-order valence-electron chi connectivity index (χ1n) is 14.4. The van der Waals surface area contributed by atoms with Gasteiger partial charge in [-0.25, -0.2) is 0 Å². The molecule has 2 atom stereocenters. The molecule has 2 heterocycles. The molecule has 0 bridgehead atoms. The molecule has 1 aromatic rings. The number of hydrogen-bond donors (Lipinski definition) is 4. The minimum Gasteiger partial charge on any atom is -0.391 e. The van der Waals surface area contributed by atoms with Crippen molar-refractivity contribution in [2.24, 2.45) is 16.0 Å². The Morgan fingerprint density at radius 2 is 1.95 bits per heavy atom. The van der Waals surface area contributed by atoms with Crippen LogP contribution in [-0.2, 0) is 4.74 Å². The highest BCUT2D eigenvalue weighted by Crippen LogP contribution is 2.28. The SMILES string of the molecule is C=NN1C(=NCC2CCOCC2)C=C(N[C@@H]2CCCC[C@H]2O)N/C1=C(/C)c1ccc(C(=O)NC2CC2)c(C)c1. The summed E-state index contributed by atoms with van der Waals surface area (Å²) in [5.41, 5.74) is 3.56. The second-order valence-electron chi connectivity index (χ2n) is 11.2. The van der Waals surface area contributed by atoms with Gasteiger partial charge < -0.3 is 25.8 Å². The second kappa shape index (κ2) is 12.3. The highest BCUT2D eigenvalue weighted by atomic mass is 16.5. The number of benzene rings is 1. The van der Waals surface area contributed by atoms with E-state index in [1.165, 1.54) is 0 Å². The minimum absolute atomic E-state index is 0.0139. The van der Waals surface area contributed by atoms with Crippen molar-refractivity contribution in [1.29, 1.82) is 0 Å². The van der Waals surface area contributed by atoms with E-state index in [0.29, 0.717) is 29.9 Å². The van der Waals surface area contributed by atoms with E-state index in [-0.39, 0.29) is 18.1 Å². The molecular formula is C30H42N6O3. The largest absolute Gasteiger partial charge is 0.391 e. The summed E-state index contributed by atoms with van der Waals surface area (Å²) in [6.45, 7) is 10.1. The van der Waals surface area contributed by atoms with Gasteiger partial charge in [0.2, 0.25) is 0 Å². The van der Waals surface area contributed by atoms with Crippen LogP contribution in [0, 0.1) is 12.8 Å². The summed E-state index contributed by atoms with van der Waals surface area (Å²) in [6.07, 6.45) is 9.56. The van der Waals surface area contributed by atoms with E-state index >= 15 is 0 Å². The molecule has 210 valence electrons. The van der Waals surface area contributed by atoms with E-state index in [4.69, 9.17) is 9.73 Å². The minimum atomic E-state index is -0.384. The number of aliphatic imine (C=N–C) groups is 1. The fraction of sp³-hybridized carbons (Fsp3) is 0.567. The lowest BCUT2D eigenvalue weighted by molar-refractivity contribution is 0.0689. The van der Waals surface area contributed by atoms with Crippen molar-refractivity contribution in [1.82, 2.24) is 21.0 Å². The van der Waals surface area contributed by atoms with E-state index in [1.54, 1.807) is 5.01 Å². The third-order valence-electron chi connectivity index (χ3n) is 8.19. The van der Waals surface area contributed by atoms with Crippen LogP contribution in [0.3, 0.4) is 0 Å². The number of rotatable bonds is 8. The van der Waals surface area contributed by atoms with Crippen LogP contribution in [-0.4, -0.2) is 66.5 Å². The van der Waals surface area contributed by atoms with Gasteiger partial charge in [-0.05, 0) is 81.1 Å². The maximum absolute atomic E-state index is 12.7.